The molecular weight excluding hydrogens is 440 g/mol. The Morgan fingerprint density at radius 1 is 0.939 bits per heavy atom. The molecule has 4 aromatic rings. The summed E-state index contributed by atoms with van der Waals surface area (Å²) in [6, 6.07) is 22.7. The summed E-state index contributed by atoms with van der Waals surface area (Å²) in [6.45, 7) is 0.648. The third-order valence-corrected chi connectivity index (χ3v) is 5.68. The highest BCUT2D eigenvalue weighted by Crippen LogP contribution is 2.37. The van der Waals surface area contributed by atoms with Crippen LogP contribution in [-0.2, 0) is 29.2 Å². The summed E-state index contributed by atoms with van der Waals surface area (Å²) in [4.78, 5) is 15.0. The van der Waals surface area contributed by atoms with Crippen LogP contribution >= 0.6 is 11.6 Å². The number of carbonyl (C=O) groups excluding carboxylic acids is 1. The number of aromatic nitrogens is 3. The van der Waals surface area contributed by atoms with Gasteiger partial charge in [0, 0.05) is 10.7 Å². The molecule has 2 heterocycles. The molecule has 1 amide bonds. The number of ether oxygens (including phenoxy) is 2. The molecule has 166 valence electrons. The van der Waals surface area contributed by atoms with Gasteiger partial charge in [0.2, 0.25) is 5.91 Å². The van der Waals surface area contributed by atoms with Crippen molar-refractivity contribution in [3.8, 4) is 11.4 Å². The SMILES string of the molecule is COc1ccc(COCc2nnc3n2-c2ccc(Cl)cc2N(c2ccccc2)C(=O)C3)cc1. The van der Waals surface area contributed by atoms with Crippen LogP contribution in [0, 0.1) is 0 Å². The van der Waals surface area contributed by atoms with Gasteiger partial charge in [-0.2, -0.15) is 0 Å². The molecule has 0 saturated heterocycles. The van der Waals surface area contributed by atoms with Crippen molar-refractivity contribution in [2.24, 2.45) is 0 Å². The normalized spacial score (nSPS) is 12.8. The van der Waals surface area contributed by atoms with Crippen molar-refractivity contribution < 1.29 is 14.3 Å². The Kier molecular flexibility index (Phi) is 5.81. The first-order valence-corrected chi connectivity index (χ1v) is 10.8. The summed E-state index contributed by atoms with van der Waals surface area (Å²) < 4.78 is 13.0. The van der Waals surface area contributed by atoms with Gasteiger partial charge in [-0.15, -0.1) is 10.2 Å². The Bertz CT molecular complexity index is 1290. The van der Waals surface area contributed by atoms with Crippen molar-refractivity contribution in [3.63, 3.8) is 0 Å². The van der Waals surface area contributed by atoms with Gasteiger partial charge in [-0.3, -0.25) is 14.3 Å². The lowest BCUT2D eigenvalue weighted by molar-refractivity contribution is -0.117. The van der Waals surface area contributed by atoms with Gasteiger partial charge < -0.3 is 9.47 Å². The van der Waals surface area contributed by atoms with E-state index in [1.54, 1.807) is 24.1 Å². The number of para-hydroxylation sites is 1. The fourth-order valence-electron chi connectivity index (χ4n) is 3.90. The molecule has 0 saturated carbocycles. The smallest absolute Gasteiger partial charge is 0.239 e. The van der Waals surface area contributed by atoms with Crippen molar-refractivity contribution in [1.82, 2.24) is 14.8 Å². The van der Waals surface area contributed by atoms with Crippen LogP contribution in [0.4, 0.5) is 11.4 Å². The van der Waals surface area contributed by atoms with E-state index in [4.69, 9.17) is 21.1 Å². The zero-order valence-electron chi connectivity index (χ0n) is 17.9. The van der Waals surface area contributed by atoms with E-state index in [0.29, 0.717) is 29.0 Å². The van der Waals surface area contributed by atoms with E-state index >= 15 is 0 Å². The van der Waals surface area contributed by atoms with Crippen molar-refractivity contribution in [2.75, 3.05) is 12.0 Å². The van der Waals surface area contributed by atoms with E-state index in [9.17, 15) is 4.79 Å². The number of benzene rings is 3. The fourth-order valence-corrected chi connectivity index (χ4v) is 4.06. The van der Waals surface area contributed by atoms with Gasteiger partial charge in [0.25, 0.3) is 0 Å². The van der Waals surface area contributed by atoms with E-state index < -0.39 is 0 Å². The van der Waals surface area contributed by atoms with Crippen LogP contribution in [0.5, 0.6) is 5.75 Å². The molecule has 7 nitrogen and oxygen atoms in total. The monoisotopic (exact) mass is 460 g/mol. The highest BCUT2D eigenvalue weighted by Gasteiger charge is 2.30. The van der Waals surface area contributed by atoms with Crippen LogP contribution in [-0.4, -0.2) is 27.8 Å². The molecule has 3 aromatic carbocycles. The molecule has 0 spiro atoms. The zero-order valence-corrected chi connectivity index (χ0v) is 18.7. The van der Waals surface area contributed by atoms with Crippen LogP contribution in [0.15, 0.2) is 72.8 Å². The van der Waals surface area contributed by atoms with Gasteiger partial charge >= 0.3 is 0 Å². The summed E-state index contributed by atoms with van der Waals surface area (Å²) in [5.74, 6) is 1.86. The van der Waals surface area contributed by atoms with Crippen molar-refractivity contribution in [3.05, 3.63) is 95.0 Å². The lowest BCUT2D eigenvalue weighted by atomic mass is 10.2. The summed E-state index contributed by atoms with van der Waals surface area (Å²) in [5.41, 5.74) is 3.23. The second-order valence-electron chi connectivity index (χ2n) is 7.58. The maximum atomic E-state index is 13.3. The molecular formula is C25H21ClN4O3. The number of rotatable bonds is 6. The lowest BCUT2D eigenvalue weighted by Crippen LogP contribution is -2.26. The predicted octanol–water partition coefficient (Wildman–Crippen LogP) is 4.87. The number of hydrogen-bond acceptors (Lipinski definition) is 5. The third-order valence-electron chi connectivity index (χ3n) is 5.45. The minimum atomic E-state index is -0.110. The largest absolute Gasteiger partial charge is 0.497 e. The van der Waals surface area contributed by atoms with Crippen molar-refractivity contribution in [1.29, 1.82) is 0 Å². The topological polar surface area (TPSA) is 69.5 Å². The number of nitrogens with zero attached hydrogens (tertiary/aromatic N) is 4. The number of fused-ring (bicyclic) bond motifs is 3. The molecule has 1 aliphatic heterocycles. The molecule has 0 bridgehead atoms. The standard InChI is InChI=1S/C25H21ClN4O3/c1-32-20-10-7-17(8-11-20)15-33-16-24-28-27-23-14-25(31)29(19-5-3-2-4-6-19)22-13-18(26)9-12-21(22)30(23)24/h2-13H,14-16H2,1H3. The number of halogens is 1. The molecule has 1 aromatic heterocycles. The number of carbonyl (C=O) groups is 1. The second kappa shape index (κ2) is 9.05. The van der Waals surface area contributed by atoms with Gasteiger partial charge in [-0.25, -0.2) is 0 Å². The Hall–Kier alpha value is -3.68. The zero-order chi connectivity index (χ0) is 22.8. The molecule has 8 heteroatoms. The average Bonchev–Trinajstić information content (AvgIpc) is 3.17. The van der Waals surface area contributed by atoms with Crippen LogP contribution in [0.25, 0.3) is 5.69 Å². The third kappa shape index (κ3) is 4.20. The van der Waals surface area contributed by atoms with Crippen LogP contribution < -0.4 is 9.64 Å². The maximum Gasteiger partial charge on any atom is 0.239 e. The van der Waals surface area contributed by atoms with E-state index in [2.05, 4.69) is 10.2 Å². The first kappa shape index (κ1) is 21.2. The highest BCUT2D eigenvalue weighted by atomic mass is 35.5. The fraction of sp³-hybridized carbons (Fsp3) is 0.160. The molecule has 0 unspecified atom stereocenters. The molecule has 0 atom stereocenters. The first-order valence-electron chi connectivity index (χ1n) is 10.5. The maximum absolute atomic E-state index is 13.3. The van der Waals surface area contributed by atoms with Crippen molar-refractivity contribution >= 4 is 28.9 Å². The molecule has 0 fully saturated rings. The van der Waals surface area contributed by atoms with E-state index in [-0.39, 0.29) is 18.9 Å². The number of amides is 1. The average molecular weight is 461 g/mol. The summed E-state index contributed by atoms with van der Waals surface area (Å²) in [7, 11) is 1.64. The lowest BCUT2D eigenvalue weighted by Gasteiger charge is -2.23. The van der Waals surface area contributed by atoms with Gasteiger partial charge in [0.05, 0.1) is 31.5 Å². The van der Waals surface area contributed by atoms with Gasteiger partial charge in [0.1, 0.15) is 18.2 Å². The van der Waals surface area contributed by atoms with Crippen molar-refractivity contribution in [2.45, 2.75) is 19.6 Å². The highest BCUT2D eigenvalue weighted by molar-refractivity contribution is 6.31. The Labute approximate surface area is 196 Å². The molecule has 0 aliphatic carbocycles. The number of methoxy groups -OCH3 is 1. The quantitative estimate of drug-likeness (QED) is 0.410. The predicted molar refractivity (Wildman–Crippen MR) is 125 cm³/mol. The Morgan fingerprint density at radius 3 is 2.48 bits per heavy atom. The second-order valence-corrected chi connectivity index (χ2v) is 8.02. The van der Waals surface area contributed by atoms with E-state index in [1.807, 2.05) is 65.2 Å². The summed E-state index contributed by atoms with van der Waals surface area (Å²) >= 11 is 6.33. The first-order chi connectivity index (χ1) is 16.1. The van der Waals surface area contributed by atoms with Crippen LogP contribution in [0.2, 0.25) is 5.02 Å². The number of hydrogen-bond donors (Lipinski definition) is 0. The molecule has 5 rings (SSSR count). The summed E-state index contributed by atoms with van der Waals surface area (Å²) in [5, 5.41) is 9.15. The molecule has 0 radical (unpaired) electrons. The van der Waals surface area contributed by atoms with Gasteiger partial charge in [-0.05, 0) is 48.0 Å². The van der Waals surface area contributed by atoms with Crippen LogP contribution in [0.3, 0.4) is 0 Å². The van der Waals surface area contributed by atoms with Crippen LogP contribution in [0.1, 0.15) is 17.2 Å². The number of anilines is 2. The Morgan fingerprint density at radius 2 is 1.73 bits per heavy atom. The summed E-state index contributed by atoms with van der Waals surface area (Å²) in [6.07, 6.45) is 0.104. The molecule has 1 aliphatic rings. The van der Waals surface area contributed by atoms with Gasteiger partial charge in [-0.1, -0.05) is 41.9 Å². The van der Waals surface area contributed by atoms with E-state index in [1.165, 1.54) is 0 Å². The minimum absolute atomic E-state index is 0.104. The van der Waals surface area contributed by atoms with Gasteiger partial charge in [0.15, 0.2) is 5.82 Å². The minimum Gasteiger partial charge on any atom is -0.497 e. The molecule has 33 heavy (non-hydrogen) atoms. The van der Waals surface area contributed by atoms with E-state index in [0.717, 1.165) is 22.7 Å². The molecule has 0 N–H and O–H groups in total. The Balaban J connectivity index is 1.47.